The Morgan fingerprint density at radius 3 is 2.50 bits per heavy atom. The zero-order chi connectivity index (χ0) is 12.3. The van der Waals surface area contributed by atoms with Gasteiger partial charge in [-0.25, -0.2) is 4.79 Å². The van der Waals surface area contributed by atoms with Crippen LogP contribution < -0.4 is 0 Å². The zero-order valence-electron chi connectivity index (χ0n) is 7.58. The van der Waals surface area contributed by atoms with Crippen molar-refractivity contribution in [3.8, 4) is 6.07 Å². The van der Waals surface area contributed by atoms with Crippen molar-refractivity contribution in [2.45, 2.75) is 10.4 Å². The topological polar surface area (TPSA) is 61.1 Å². The van der Waals surface area contributed by atoms with Crippen molar-refractivity contribution in [2.75, 3.05) is 0 Å². The highest BCUT2D eigenvalue weighted by Gasteiger charge is 2.31. The molecule has 1 rings (SSSR count). The average Bonchev–Trinajstić information content (AvgIpc) is 2.15. The van der Waals surface area contributed by atoms with Gasteiger partial charge in [0.1, 0.15) is 0 Å². The molecule has 0 radical (unpaired) electrons. The molecule has 0 bridgehead atoms. The van der Waals surface area contributed by atoms with Crippen LogP contribution in [0.15, 0.2) is 23.1 Å². The fraction of sp³-hybridized carbons (Fsp3) is 0.111. The standard InChI is InChI=1S/C9H4F3NO2S/c10-9(11,12)16-7-2-1-5(4-13)3-6(7)8(14)15/h1-3H,(H,14,15). The quantitative estimate of drug-likeness (QED) is 0.816. The van der Waals surface area contributed by atoms with E-state index in [-0.39, 0.29) is 5.56 Å². The number of rotatable bonds is 2. The molecule has 3 nitrogen and oxygen atoms in total. The predicted octanol–water partition coefficient (Wildman–Crippen LogP) is 2.87. The van der Waals surface area contributed by atoms with E-state index in [4.69, 9.17) is 10.4 Å². The molecule has 0 aromatic heterocycles. The lowest BCUT2D eigenvalue weighted by Gasteiger charge is -2.08. The maximum Gasteiger partial charge on any atom is 0.446 e. The van der Waals surface area contributed by atoms with Gasteiger partial charge in [0, 0.05) is 4.90 Å². The first-order valence-electron chi connectivity index (χ1n) is 3.86. The first kappa shape index (κ1) is 12.4. The molecule has 84 valence electrons. The molecule has 0 saturated heterocycles. The summed E-state index contributed by atoms with van der Waals surface area (Å²) in [5, 5.41) is 17.2. The molecule has 0 aliphatic heterocycles. The largest absolute Gasteiger partial charge is 0.478 e. The van der Waals surface area contributed by atoms with E-state index >= 15 is 0 Å². The number of halogens is 3. The minimum Gasteiger partial charge on any atom is -0.478 e. The molecule has 1 aromatic carbocycles. The molecule has 0 unspecified atom stereocenters. The second kappa shape index (κ2) is 4.45. The van der Waals surface area contributed by atoms with Crippen LogP contribution in [0.2, 0.25) is 0 Å². The van der Waals surface area contributed by atoms with Crippen LogP contribution in [0.25, 0.3) is 0 Å². The third kappa shape index (κ3) is 3.17. The van der Waals surface area contributed by atoms with Crippen LogP contribution in [-0.2, 0) is 0 Å². The van der Waals surface area contributed by atoms with E-state index in [1.807, 2.05) is 0 Å². The van der Waals surface area contributed by atoms with Gasteiger partial charge < -0.3 is 5.11 Å². The molecule has 0 aliphatic carbocycles. The van der Waals surface area contributed by atoms with Crippen LogP contribution in [-0.4, -0.2) is 16.6 Å². The highest BCUT2D eigenvalue weighted by Crippen LogP contribution is 2.38. The Bertz CT molecular complexity index is 465. The van der Waals surface area contributed by atoms with Crippen molar-refractivity contribution in [3.63, 3.8) is 0 Å². The second-order valence-corrected chi connectivity index (χ2v) is 3.78. The Labute approximate surface area is 92.5 Å². The molecule has 0 heterocycles. The number of carbonyl (C=O) groups is 1. The monoisotopic (exact) mass is 247 g/mol. The molecule has 0 spiro atoms. The Hall–Kier alpha value is -1.68. The van der Waals surface area contributed by atoms with Crippen molar-refractivity contribution < 1.29 is 23.1 Å². The summed E-state index contributed by atoms with van der Waals surface area (Å²) >= 11 is -0.515. The number of alkyl halides is 3. The molecule has 1 aromatic rings. The normalized spacial score (nSPS) is 10.9. The second-order valence-electron chi connectivity index (χ2n) is 2.68. The molecule has 0 aliphatic rings. The van der Waals surface area contributed by atoms with E-state index in [1.54, 1.807) is 6.07 Å². The van der Waals surface area contributed by atoms with Gasteiger partial charge in [-0.05, 0) is 30.0 Å². The number of thioether (sulfide) groups is 1. The van der Waals surface area contributed by atoms with Crippen LogP contribution in [0.3, 0.4) is 0 Å². The van der Waals surface area contributed by atoms with Gasteiger partial charge >= 0.3 is 11.5 Å². The summed E-state index contributed by atoms with van der Waals surface area (Å²) in [6, 6.07) is 4.68. The summed E-state index contributed by atoms with van der Waals surface area (Å²) in [6.07, 6.45) is 0. The fourth-order valence-corrected chi connectivity index (χ4v) is 1.62. The van der Waals surface area contributed by atoms with Gasteiger partial charge in [0.2, 0.25) is 0 Å². The summed E-state index contributed by atoms with van der Waals surface area (Å²) < 4.78 is 36.2. The zero-order valence-corrected chi connectivity index (χ0v) is 8.39. The lowest BCUT2D eigenvalue weighted by Crippen LogP contribution is -2.05. The van der Waals surface area contributed by atoms with Crippen LogP contribution >= 0.6 is 11.8 Å². The number of carboxylic acids is 1. The molecule has 0 saturated carbocycles. The van der Waals surface area contributed by atoms with Gasteiger partial charge in [-0.15, -0.1) is 0 Å². The third-order valence-electron chi connectivity index (χ3n) is 1.56. The van der Waals surface area contributed by atoms with E-state index in [1.165, 1.54) is 0 Å². The summed E-state index contributed by atoms with van der Waals surface area (Å²) in [6.45, 7) is 0. The maximum absolute atomic E-state index is 12.1. The smallest absolute Gasteiger partial charge is 0.446 e. The Balaban J connectivity index is 3.20. The SMILES string of the molecule is N#Cc1ccc(SC(F)(F)F)c(C(=O)O)c1. The van der Waals surface area contributed by atoms with Crippen LogP contribution in [0.1, 0.15) is 15.9 Å². The van der Waals surface area contributed by atoms with Crippen molar-refractivity contribution >= 4 is 17.7 Å². The molecule has 0 amide bonds. The summed E-state index contributed by atoms with van der Waals surface area (Å²) in [5.74, 6) is -1.50. The molecular weight excluding hydrogens is 243 g/mol. The van der Waals surface area contributed by atoms with Crippen molar-refractivity contribution in [1.29, 1.82) is 5.26 Å². The van der Waals surface area contributed by atoms with Gasteiger partial charge in [0.25, 0.3) is 0 Å². The summed E-state index contributed by atoms with van der Waals surface area (Å²) in [5.41, 5.74) is -5.08. The summed E-state index contributed by atoms with van der Waals surface area (Å²) in [4.78, 5) is 10.3. The van der Waals surface area contributed by atoms with Crippen molar-refractivity contribution in [3.05, 3.63) is 29.3 Å². The number of hydrogen-bond acceptors (Lipinski definition) is 3. The highest BCUT2D eigenvalue weighted by atomic mass is 32.2. The van der Waals surface area contributed by atoms with Gasteiger partial charge in [-0.2, -0.15) is 18.4 Å². The van der Waals surface area contributed by atoms with Gasteiger partial charge in [0.05, 0.1) is 17.2 Å². The van der Waals surface area contributed by atoms with E-state index in [9.17, 15) is 18.0 Å². The first-order valence-corrected chi connectivity index (χ1v) is 4.68. The van der Waals surface area contributed by atoms with Gasteiger partial charge in [-0.3, -0.25) is 0 Å². The molecule has 0 fully saturated rings. The van der Waals surface area contributed by atoms with E-state index in [2.05, 4.69) is 0 Å². The predicted molar refractivity (Wildman–Crippen MR) is 50.0 cm³/mol. The maximum atomic E-state index is 12.1. The summed E-state index contributed by atoms with van der Waals surface area (Å²) in [7, 11) is 0. The van der Waals surface area contributed by atoms with E-state index in [0.717, 1.165) is 18.2 Å². The number of nitrogens with zero attached hydrogens (tertiary/aromatic N) is 1. The highest BCUT2D eigenvalue weighted by molar-refractivity contribution is 8.00. The van der Waals surface area contributed by atoms with Gasteiger partial charge in [0.15, 0.2) is 0 Å². The van der Waals surface area contributed by atoms with E-state index < -0.39 is 33.7 Å². The lowest BCUT2D eigenvalue weighted by molar-refractivity contribution is -0.0328. The van der Waals surface area contributed by atoms with Crippen LogP contribution in [0.5, 0.6) is 0 Å². The van der Waals surface area contributed by atoms with Crippen LogP contribution in [0, 0.1) is 11.3 Å². The van der Waals surface area contributed by atoms with Crippen LogP contribution in [0.4, 0.5) is 13.2 Å². The molecule has 7 heteroatoms. The Morgan fingerprint density at radius 2 is 2.06 bits per heavy atom. The fourth-order valence-electron chi connectivity index (χ4n) is 0.980. The van der Waals surface area contributed by atoms with Gasteiger partial charge in [-0.1, -0.05) is 0 Å². The molecular formula is C9H4F3NO2S. The molecule has 0 atom stereocenters. The average molecular weight is 247 g/mol. The number of benzene rings is 1. The molecule has 1 N–H and O–H groups in total. The minimum atomic E-state index is -4.56. The van der Waals surface area contributed by atoms with Crippen molar-refractivity contribution in [1.82, 2.24) is 0 Å². The Kier molecular flexibility index (Phi) is 3.44. The van der Waals surface area contributed by atoms with E-state index in [0.29, 0.717) is 0 Å². The van der Waals surface area contributed by atoms with Crippen molar-refractivity contribution in [2.24, 2.45) is 0 Å². The minimum absolute atomic E-state index is 0.00363. The number of carboxylic acid groups (broad SMARTS) is 1. The third-order valence-corrected chi connectivity index (χ3v) is 2.37. The Morgan fingerprint density at radius 1 is 1.44 bits per heavy atom. The first-order chi connectivity index (χ1) is 7.33. The number of aromatic carboxylic acids is 1. The lowest BCUT2D eigenvalue weighted by atomic mass is 10.1. The number of nitriles is 1. The number of hydrogen-bond donors (Lipinski definition) is 1. The molecule has 16 heavy (non-hydrogen) atoms.